The van der Waals surface area contributed by atoms with E-state index in [0.29, 0.717) is 12.0 Å². The Bertz CT molecular complexity index is 559. The number of hydrogen-bond donors (Lipinski definition) is 0. The van der Waals surface area contributed by atoms with Gasteiger partial charge in [0.1, 0.15) is 0 Å². The Kier molecular flexibility index (Phi) is 5.94. The second kappa shape index (κ2) is 8.39. The van der Waals surface area contributed by atoms with E-state index in [4.69, 9.17) is 14.2 Å². The summed E-state index contributed by atoms with van der Waals surface area (Å²) >= 11 is 0. The van der Waals surface area contributed by atoms with Gasteiger partial charge in [0, 0.05) is 39.3 Å². The fraction of sp³-hybridized carbons (Fsp3) is 0.727. The van der Waals surface area contributed by atoms with Crippen LogP contribution in [0, 0.1) is 12.8 Å². The molecule has 1 atom stereocenters. The zero-order chi connectivity index (χ0) is 17.8. The molecule has 1 spiro atoms. The number of hydrogen-bond acceptors (Lipinski definition) is 4. The predicted octanol–water partition coefficient (Wildman–Crippen LogP) is 3.56. The Morgan fingerprint density at radius 2 is 1.85 bits per heavy atom. The van der Waals surface area contributed by atoms with Crippen molar-refractivity contribution in [2.45, 2.75) is 57.3 Å². The van der Waals surface area contributed by atoms with Crippen LogP contribution in [0.1, 0.15) is 43.2 Å². The Hall–Kier alpha value is -0.940. The van der Waals surface area contributed by atoms with Crippen molar-refractivity contribution in [2.24, 2.45) is 5.92 Å². The van der Waals surface area contributed by atoms with Crippen molar-refractivity contribution in [3.63, 3.8) is 0 Å². The molecule has 0 aromatic heterocycles. The van der Waals surface area contributed by atoms with Crippen LogP contribution in [0.2, 0.25) is 0 Å². The number of aryl methyl sites for hydroxylation is 1. The van der Waals surface area contributed by atoms with Crippen molar-refractivity contribution >= 4 is 0 Å². The van der Waals surface area contributed by atoms with Gasteiger partial charge in [0.05, 0.1) is 24.9 Å². The Balaban J connectivity index is 1.20. The maximum absolute atomic E-state index is 6.27. The minimum Gasteiger partial charge on any atom is -0.381 e. The lowest BCUT2D eigenvalue weighted by Crippen LogP contribution is -2.44. The molecule has 4 nitrogen and oxygen atoms in total. The van der Waals surface area contributed by atoms with Gasteiger partial charge in [-0.1, -0.05) is 29.8 Å². The summed E-state index contributed by atoms with van der Waals surface area (Å²) in [7, 11) is 0. The lowest BCUT2D eigenvalue weighted by molar-refractivity contribution is -0.0479. The van der Waals surface area contributed by atoms with Crippen molar-refractivity contribution in [1.29, 1.82) is 0 Å². The molecule has 3 fully saturated rings. The lowest BCUT2D eigenvalue weighted by Gasteiger charge is -2.38. The quantitative estimate of drug-likeness (QED) is 0.804. The van der Waals surface area contributed by atoms with Crippen LogP contribution in [0.25, 0.3) is 0 Å². The maximum Gasteiger partial charge on any atom is 0.0836 e. The average molecular weight is 360 g/mol. The van der Waals surface area contributed by atoms with E-state index in [1.807, 2.05) is 0 Å². The van der Waals surface area contributed by atoms with Gasteiger partial charge in [-0.25, -0.2) is 0 Å². The van der Waals surface area contributed by atoms with Gasteiger partial charge in [-0.3, -0.25) is 4.90 Å². The van der Waals surface area contributed by atoms with Gasteiger partial charge in [0.25, 0.3) is 0 Å². The molecular formula is C22H33NO3. The second-order valence-corrected chi connectivity index (χ2v) is 8.47. The standard InChI is InChI=1S/C22H33NO3/c1-18-2-4-19(5-3-18)15-23-10-8-22(9-11-23)14-21(17-26-22)25-16-20-6-12-24-13-7-20/h2-5,20-21H,6-17H2,1H3/t21-/m0/s1. The topological polar surface area (TPSA) is 30.9 Å². The first-order chi connectivity index (χ1) is 12.7. The molecule has 0 radical (unpaired) electrons. The maximum atomic E-state index is 6.27. The van der Waals surface area contributed by atoms with Crippen molar-refractivity contribution in [3.8, 4) is 0 Å². The molecule has 1 aromatic carbocycles. The van der Waals surface area contributed by atoms with Crippen molar-refractivity contribution in [2.75, 3.05) is 39.5 Å². The largest absolute Gasteiger partial charge is 0.381 e. The summed E-state index contributed by atoms with van der Waals surface area (Å²) in [6.45, 7) is 8.91. The molecule has 144 valence electrons. The molecule has 0 bridgehead atoms. The summed E-state index contributed by atoms with van der Waals surface area (Å²) in [6.07, 6.45) is 5.93. The molecule has 4 rings (SSSR count). The highest BCUT2D eigenvalue weighted by Gasteiger charge is 2.43. The number of ether oxygens (including phenoxy) is 3. The minimum absolute atomic E-state index is 0.0735. The highest BCUT2D eigenvalue weighted by atomic mass is 16.6. The summed E-state index contributed by atoms with van der Waals surface area (Å²) in [5.74, 6) is 0.677. The third-order valence-electron chi connectivity index (χ3n) is 6.38. The van der Waals surface area contributed by atoms with Crippen molar-refractivity contribution in [3.05, 3.63) is 35.4 Å². The summed E-state index contributed by atoms with van der Waals surface area (Å²) in [5.41, 5.74) is 2.82. The van der Waals surface area contributed by atoms with Crippen LogP contribution in [0.3, 0.4) is 0 Å². The Morgan fingerprint density at radius 1 is 1.12 bits per heavy atom. The van der Waals surface area contributed by atoms with E-state index in [1.165, 1.54) is 11.1 Å². The third kappa shape index (κ3) is 4.66. The number of rotatable bonds is 5. The molecule has 0 saturated carbocycles. The first kappa shape index (κ1) is 18.4. The predicted molar refractivity (Wildman–Crippen MR) is 102 cm³/mol. The summed E-state index contributed by atoms with van der Waals surface area (Å²) in [6, 6.07) is 8.93. The van der Waals surface area contributed by atoms with Crippen LogP contribution >= 0.6 is 0 Å². The normalized spacial score (nSPS) is 27.2. The van der Waals surface area contributed by atoms with Gasteiger partial charge in [0.15, 0.2) is 0 Å². The molecule has 3 aliphatic rings. The summed E-state index contributed by atoms with van der Waals surface area (Å²) < 4.78 is 17.9. The van der Waals surface area contributed by atoms with Gasteiger partial charge < -0.3 is 14.2 Å². The number of nitrogens with zero attached hydrogens (tertiary/aromatic N) is 1. The van der Waals surface area contributed by atoms with Crippen molar-refractivity contribution in [1.82, 2.24) is 4.90 Å². The van der Waals surface area contributed by atoms with Gasteiger partial charge in [-0.2, -0.15) is 0 Å². The van der Waals surface area contributed by atoms with E-state index in [-0.39, 0.29) is 5.60 Å². The number of likely N-dealkylation sites (tertiary alicyclic amines) is 1. The van der Waals surface area contributed by atoms with E-state index < -0.39 is 0 Å². The summed E-state index contributed by atoms with van der Waals surface area (Å²) in [4.78, 5) is 2.56. The van der Waals surface area contributed by atoms with Crippen molar-refractivity contribution < 1.29 is 14.2 Å². The van der Waals surface area contributed by atoms with Gasteiger partial charge >= 0.3 is 0 Å². The van der Waals surface area contributed by atoms with Gasteiger partial charge in [0.2, 0.25) is 0 Å². The molecule has 0 amide bonds. The zero-order valence-electron chi connectivity index (χ0n) is 16.1. The number of piperidine rings is 1. The molecule has 4 heteroatoms. The second-order valence-electron chi connectivity index (χ2n) is 8.47. The van der Waals surface area contributed by atoms with Gasteiger partial charge in [-0.05, 0) is 44.1 Å². The van der Waals surface area contributed by atoms with E-state index in [1.54, 1.807) is 0 Å². The molecule has 0 N–H and O–H groups in total. The first-order valence-corrected chi connectivity index (χ1v) is 10.3. The minimum atomic E-state index is 0.0735. The van der Waals surface area contributed by atoms with Crippen LogP contribution in [0.15, 0.2) is 24.3 Å². The highest BCUT2D eigenvalue weighted by Crippen LogP contribution is 2.37. The molecule has 26 heavy (non-hydrogen) atoms. The molecule has 3 aliphatic heterocycles. The number of benzene rings is 1. The molecule has 1 aromatic rings. The van der Waals surface area contributed by atoms with Crippen LogP contribution in [0.4, 0.5) is 0 Å². The van der Waals surface area contributed by atoms with Crippen LogP contribution < -0.4 is 0 Å². The van der Waals surface area contributed by atoms with E-state index in [2.05, 4.69) is 36.1 Å². The first-order valence-electron chi connectivity index (χ1n) is 10.3. The van der Waals surface area contributed by atoms with Crippen LogP contribution in [-0.2, 0) is 20.8 Å². The Morgan fingerprint density at radius 3 is 2.58 bits per heavy atom. The Labute approximate surface area is 157 Å². The highest BCUT2D eigenvalue weighted by molar-refractivity contribution is 5.21. The fourth-order valence-corrected chi connectivity index (χ4v) is 4.51. The third-order valence-corrected chi connectivity index (χ3v) is 6.38. The molecule has 0 unspecified atom stereocenters. The fourth-order valence-electron chi connectivity index (χ4n) is 4.51. The molecule has 0 aliphatic carbocycles. The van der Waals surface area contributed by atoms with E-state index in [0.717, 1.165) is 78.2 Å². The van der Waals surface area contributed by atoms with E-state index in [9.17, 15) is 0 Å². The summed E-state index contributed by atoms with van der Waals surface area (Å²) in [5, 5.41) is 0. The lowest BCUT2D eigenvalue weighted by atomic mass is 9.87. The van der Waals surface area contributed by atoms with Crippen LogP contribution in [-0.4, -0.2) is 56.1 Å². The molecular weight excluding hydrogens is 326 g/mol. The molecule has 3 saturated heterocycles. The van der Waals surface area contributed by atoms with Gasteiger partial charge in [-0.15, -0.1) is 0 Å². The zero-order valence-corrected chi connectivity index (χ0v) is 16.1. The average Bonchev–Trinajstić information content (AvgIpc) is 3.08. The monoisotopic (exact) mass is 359 g/mol. The molecule has 3 heterocycles. The van der Waals surface area contributed by atoms with Crippen LogP contribution in [0.5, 0.6) is 0 Å². The SMILES string of the molecule is Cc1ccc(CN2CCC3(CC2)C[C@H](OCC2CCOCC2)CO3)cc1. The smallest absolute Gasteiger partial charge is 0.0836 e. The van der Waals surface area contributed by atoms with E-state index >= 15 is 0 Å².